The standard InChI is InChI=1S/C7H5F3N2O/c8-7(9,10)6-4(2-11)1-5(3-12)13-6/h1H,3,12H2. The van der Waals surface area contributed by atoms with Crippen LogP contribution in [0.1, 0.15) is 17.1 Å². The van der Waals surface area contributed by atoms with E-state index in [2.05, 4.69) is 4.42 Å². The number of alkyl halides is 3. The zero-order valence-corrected chi connectivity index (χ0v) is 6.35. The number of hydrogen-bond acceptors (Lipinski definition) is 3. The Hall–Kier alpha value is -1.48. The van der Waals surface area contributed by atoms with E-state index in [9.17, 15) is 13.2 Å². The van der Waals surface area contributed by atoms with Crippen molar-refractivity contribution in [1.29, 1.82) is 5.26 Å². The van der Waals surface area contributed by atoms with Gasteiger partial charge in [0.15, 0.2) is 0 Å². The van der Waals surface area contributed by atoms with E-state index in [-0.39, 0.29) is 12.3 Å². The lowest BCUT2D eigenvalue weighted by atomic mass is 10.2. The van der Waals surface area contributed by atoms with E-state index in [1.807, 2.05) is 0 Å². The van der Waals surface area contributed by atoms with Crippen LogP contribution in [0.25, 0.3) is 0 Å². The third-order valence-electron chi connectivity index (χ3n) is 1.36. The van der Waals surface area contributed by atoms with Crippen LogP contribution in [0.3, 0.4) is 0 Å². The summed E-state index contributed by atoms with van der Waals surface area (Å²) in [7, 11) is 0. The predicted molar refractivity (Wildman–Crippen MR) is 36.3 cm³/mol. The molecule has 3 nitrogen and oxygen atoms in total. The highest BCUT2D eigenvalue weighted by molar-refractivity contribution is 5.35. The first kappa shape index (κ1) is 9.61. The SMILES string of the molecule is N#Cc1cc(CN)oc1C(F)(F)F. The Morgan fingerprint density at radius 2 is 2.15 bits per heavy atom. The Kier molecular flexibility index (Phi) is 2.30. The fourth-order valence-electron chi connectivity index (χ4n) is 0.836. The average molecular weight is 190 g/mol. The van der Waals surface area contributed by atoms with E-state index in [1.54, 1.807) is 0 Å². The minimum absolute atomic E-state index is 0.0520. The molecule has 0 aliphatic heterocycles. The van der Waals surface area contributed by atoms with Crippen LogP contribution in [0, 0.1) is 11.3 Å². The molecular formula is C7H5F3N2O. The van der Waals surface area contributed by atoms with Gasteiger partial charge in [-0.05, 0) is 6.07 Å². The molecule has 0 aliphatic rings. The molecule has 0 spiro atoms. The summed E-state index contributed by atoms with van der Waals surface area (Å²) in [6.45, 7) is -0.162. The van der Waals surface area contributed by atoms with Gasteiger partial charge in [-0.1, -0.05) is 0 Å². The molecule has 0 saturated carbocycles. The summed E-state index contributed by atoms with van der Waals surface area (Å²) in [6, 6.07) is 2.38. The zero-order chi connectivity index (χ0) is 10.1. The quantitative estimate of drug-likeness (QED) is 0.731. The summed E-state index contributed by atoms with van der Waals surface area (Å²) in [5.74, 6) is -1.33. The molecule has 0 saturated heterocycles. The van der Waals surface area contributed by atoms with E-state index in [1.165, 1.54) is 6.07 Å². The van der Waals surface area contributed by atoms with Crippen LogP contribution in [0.4, 0.5) is 13.2 Å². The molecule has 0 amide bonds. The molecule has 1 aromatic heterocycles. The molecule has 0 atom stereocenters. The number of furan rings is 1. The van der Waals surface area contributed by atoms with Gasteiger partial charge in [-0.25, -0.2) is 0 Å². The van der Waals surface area contributed by atoms with Crippen LogP contribution in [0.15, 0.2) is 10.5 Å². The third-order valence-corrected chi connectivity index (χ3v) is 1.36. The third kappa shape index (κ3) is 1.81. The minimum atomic E-state index is -4.64. The van der Waals surface area contributed by atoms with Crippen molar-refractivity contribution in [3.63, 3.8) is 0 Å². The Balaban J connectivity index is 3.21. The van der Waals surface area contributed by atoms with E-state index >= 15 is 0 Å². The highest BCUT2D eigenvalue weighted by Crippen LogP contribution is 2.33. The second-order valence-electron chi connectivity index (χ2n) is 2.27. The van der Waals surface area contributed by atoms with Gasteiger partial charge in [0.2, 0.25) is 5.76 Å². The molecular weight excluding hydrogens is 185 g/mol. The fourth-order valence-corrected chi connectivity index (χ4v) is 0.836. The maximum atomic E-state index is 12.1. The molecule has 1 rings (SSSR count). The van der Waals surface area contributed by atoms with E-state index in [0.717, 1.165) is 6.07 Å². The van der Waals surface area contributed by atoms with Gasteiger partial charge in [0.05, 0.1) is 6.54 Å². The van der Waals surface area contributed by atoms with Gasteiger partial charge in [0.25, 0.3) is 0 Å². The van der Waals surface area contributed by atoms with E-state index in [0.29, 0.717) is 0 Å². The summed E-state index contributed by atoms with van der Waals surface area (Å²) in [5.41, 5.74) is 4.53. The van der Waals surface area contributed by atoms with Crippen LogP contribution in [0.2, 0.25) is 0 Å². The van der Waals surface area contributed by atoms with Crippen molar-refractivity contribution in [2.45, 2.75) is 12.7 Å². The van der Waals surface area contributed by atoms with Crippen molar-refractivity contribution in [1.82, 2.24) is 0 Å². The van der Waals surface area contributed by atoms with E-state index in [4.69, 9.17) is 11.0 Å². The van der Waals surface area contributed by atoms with Gasteiger partial charge in [-0.15, -0.1) is 0 Å². The molecule has 13 heavy (non-hydrogen) atoms. The number of hydrogen-bond donors (Lipinski definition) is 1. The highest BCUT2D eigenvalue weighted by atomic mass is 19.4. The lowest BCUT2D eigenvalue weighted by Gasteiger charge is -2.01. The van der Waals surface area contributed by atoms with Crippen molar-refractivity contribution in [3.05, 3.63) is 23.2 Å². The lowest BCUT2D eigenvalue weighted by molar-refractivity contribution is -0.153. The lowest BCUT2D eigenvalue weighted by Crippen LogP contribution is -2.05. The molecule has 1 aromatic rings. The first-order chi connectivity index (χ1) is 5.99. The summed E-state index contributed by atoms with van der Waals surface area (Å²) in [5, 5.41) is 8.34. The molecule has 70 valence electrons. The van der Waals surface area contributed by atoms with Crippen molar-refractivity contribution in [3.8, 4) is 6.07 Å². The molecule has 0 unspecified atom stereocenters. The monoisotopic (exact) mass is 190 g/mol. The summed E-state index contributed by atoms with van der Waals surface area (Å²) >= 11 is 0. The summed E-state index contributed by atoms with van der Waals surface area (Å²) in [6.07, 6.45) is -4.64. The molecule has 0 bridgehead atoms. The number of nitrogens with two attached hydrogens (primary N) is 1. The van der Waals surface area contributed by atoms with Crippen LogP contribution in [-0.2, 0) is 12.7 Å². The number of nitrogens with zero attached hydrogens (tertiary/aromatic N) is 1. The second-order valence-corrected chi connectivity index (χ2v) is 2.27. The number of rotatable bonds is 1. The number of halogens is 3. The second kappa shape index (κ2) is 3.11. The van der Waals surface area contributed by atoms with Crippen LogP contribution < -0.4 is 5.73 Å². The predicted octanol–water partition coefficient (Wildman–Crippen LogP) is 1.63. The van der Waals surface area contributed by atoms with Crippen molar-refractivity contribution < 1.29 is 17.6 Å². The first-order valence-electron chi connectivity index (χ1n) is 3.29. The molecule has 0 aliphatic carbocycles. The normalized spacial score (nSPS) is 11.3. The molecule has 0 aromatic carbocycles. The van der Waals surface area contributed by atoms with Crippen LogP contribution in [-0.4, -0.2) is 0 Å². The van der Waals surface area contributed by atoms with Gasteiger partial charge >= 0.3 is 6.18 Å². The Labute approximate surface area is 71.5 Å². The number of nitriles is 1. The van der Waals surface area contributed by atoms with Gasteiger partial charge < -0.3 is 10.2 Å². The fraction of sp³-hybridized carbons (Fsp3) is 0.286. The smallest absolute Gasteiger partial charge is 0.450 e. The molecule has 1 heterocycles. The van der Waals surface area contributed by atoms with Crippen molar-refractivity contribution >= 4 is 0 Å². The van der Waals surface area contributed by atoms with Gasteiger partial charge in [0, 0.05) is 0 Å². The Bertz CT molecular complexity index is 348. The largest absolute Gasteiger partial charge is 0.454 e. The molecule has 2 N–H and O–H groups in total. The molecule has 0 fully saturated rings. The van der Waals surface area contributed by atoms with Gasteiger partial charge in [0.1, 0.15) is 17.4 Å². The summed E-state index contributed by atoms with van der Waals surface area (Å²) in [4.78, 5) is 0. The minimum Gasteiger partial charge on any atom is -0.454 e. The zero-order valence-electron chi connectivity index (χ0n) is 6.35. The maximum absolute atomic E-state index is 12.1. The van der Waals surface area contributed by atoms with Crippen LogP contribution >= 0.6 is 0 Å². The van der Waals surface area contributed by atoms with Crippen molar-refractivity contribution in [2.24, 2.45) is 5.73 Å². The average Bonchev–Trinajstić information content (AvgIpc) is 2.46. The first-order valence-corrected chi connectivity index (χ1v) is 3.29. The van der Waals surface area contributed by atoms with Crippen LogP contribution in [0.5, 0.6) is 0 Å². The molecule has 0 radical (unpaired) electrons. The molecule has 6 heteroatoms. The topological polar surface area (TPSA) is 63.0 Å². The van der Waals surface area contributed by atoms with E-state index < -0.39 is 17.5 Å². The Morgan fingerprint density at radius 1 is 1.54 bits per heavy atom. The Morgan fingerprint density at radius 3 is 2.46 bits per heavy atom. The highest BCUT2D eigenvalue weighted by Gasteiger charge is 2.38. The van der Waals surface area contributed by atoms with Gasteiger partial charge in [-0.2, -0.15) is 18.4 Å². The maximum Gasteiger partial charge on any atom is 0.450 e. The van der Waals surface area contributed by atoms with Gasteiger partial charge in [-0.3, -0.25) is 0 Å². The van der Waals surface area contributed by atoms with Crippen molar-refractivity contribution in [2.75, 3.05) is 0 Å². The summed E-state index contributed by atoms with van der Waals surface area (Å²) < 4.78 is 40.6.